The van der Waals surface area contributed by atoms with E-state index in [0.29, 0.717) is 5.02 Å². The number of imide groups is 1. The number of aromatic hydroxyl groups is 1. The number of hydrogen-bond donors (Lipinski definition) is 1. The molecule has 2 atom stereocenters. The molecule has 1 fully saturated rings. The van der Waals surface area contributed by atoms with Gasteiger partial charge in [-0.1, -0.05) is 60.1 Å². The van der Waals surface area contributed by atoms with Crippen molar-refractivity contribution in [3.05, 3.63) is 94.0 Å². The minimum atomic E-state index is -1.26. The van der Waals surface area contributed by atoms with E-state index in [4.69, 9.17) is 34.8 Å². The molecule has 7 heteroatoms. The zero-order chi connectivity index (χ0) is 21.7. The van der Waals surface area contributed by atoms with Gasteiger partial charge in [0.1, 0.15) is 15.5 Å². The topological polar surface area (TPSA) is 57.6 Å². The number of benzene rings is 3. The van der Waals surface area contributed by atoms with Crippen LogP contribution in [0, 0.1) is 11.8 Å². The molecule has 2 amide bonds. The van der Waals surface area contributed by atoms with Crippen molar-refractivity contribution in [3.63, 3.8) is 0 Å². The molecule has 4 aliphatic rings. The van der Waals surface area contributed by atoms with E-state index >= 15 is 0 Å². The fourth-order valence-electron chi connectivity index (χ4n) is 5.58. The fraction of sp³-hybridized carbons (Fsp3) is 0.167. The number of phenols is 1. The van der Waals surface area contributed by atoms with Crippen molar-refractivity contribution in [3.8, 4) is 5.75 Å². The molecule has 154 valence electrons. The fourth-order valence-corrected chi connectivity index (χ4v) is 6.84. The molecule has 3 aromatic rings. The molecule has 0 aromatic heterocycles. The van der Waals surface area contributed by atoms with Gasteiger partial charge < -0.3 is 5.11 Å². The Kier molecular flexibility index (Phi) is 3.73. The monoisotopic (exact) mass is 469 g/mol. The van der Waals surface area contributed by atoms with Gasteiger partial charge in [0.15, 0.2) is 0 Å². The number of alkyl halides is 2. The van der Waals surface area contributed by atoms with Crippen LogP contribution >= 0.6 is 34.8 Å². The van der Waals surface area contributed by atoms with Gasteiger partial charge in [-0.3, -0.25) is 9.59 Å². The number of rotatable bonds is 1. The van der Waals surface area contributed by atoms with Crippen molar-refractivity contribution < 1.29 is 14.7 Å². The van der Waals surface area contributed by atoms with Gasteiger partial charge in [-0.2, -0.15) is 0 Å². The molecular weight excluding hydrogens is 457 g/mol. The Morgan fingerprint density at radius 1 is 0.742 bits per heavy atom. The molecule has 3 aliphatic carbocycles. The summed E-state index contributed by atoms with van der Waals surface area (Å²) in [5.74, 6) is -3.09. The zero-order valence-corrected chi connectivity index (χ0v) is 18.1. The van der Waals surface area contributed by atoms with Gasteiger partial charge in [0.05, 0.1) is 17.5 Å². The second-order valence-electron chi connectivity index (χ2n) is 8.11. The van der Waals surface area contributed by atoms with Crippen LogP contribution in [-0.2, 0) is 19.3 Å². The lowest BCUT2D eigenvalue weighted by Gasteiger charge is -2.54. The predicted octanol–water partition coefficient (Wildman–Crippen LogP) is 5.14. The molecule has 1 saturated heterocycles. The molecule has 31 heavy (non-hydrogen) atoms. The predicted molar refractivity (Wildman–Crippen MR) is 119 cm³/mol. The summed E-state index contributed by atoms with van der Waals surface area (Å²) in [6.45, 7) is 0. The largest absolute Gasteiger partial charge is 0.506 e. The summed E-state index contributed by atoms with van der Waals surface area (Å²) in [4.78, 5) is 26.0. The molecular formula is C24H14Cl3NO3. The third-order valence-corrected chi connectivity index (χ3v) is 8.28. The van der Waals surface area contributed by atoms with Crippen molar-refractivity contribution in [1.29, 1.82) is 0 Å². The molecule has 4 nitrogen and oxygen atoms in total. The van der Waals surface area contributed by atoms with Crippen molar-refractivity contribution in [2.75, 3.05) is 4.90 Å². The van der Waals surface area contributed by atoms with Gasteiger partial charge in [0.25, 0.3) is 0 Å². The van der Waals surface area contributed by atoms with E-state index in [2.05, 4.69) is 0 Å². The minimum Gasteiger partial charge on any atom is -0.506 e. The number of phenolic OH excluding ortho intramolecular Hbond substituents is 1. The van der Waals surface area contributed by atoms with Crippen LogP contribution in [0.15, 0.2) is 66.7 Å². The van der Waals surface area contributed by atoms with Crippen LogP contribution in [0.3, 0.4) is 0 Å². The number of anilines is 1. The molecule has 2 bridgehead atoms. The molecule has 0 radical (unpaired) electrons. The zero-order valence-electron chi connectivity index (χ0n) is 15.9. The summed E-state index contributed by atoms with van der Waals surface area (Å²) in [7, 11) is 0. The van der Waals surface area contributed by atoms with Crippen LogP contribution < -0.4 is 4.90 Å². The van der Waals surface area contributed by atoms with Gasteiger partial charge in [0, 0.05) is 5.02 Å². The molecule has 3 aromatic carbocycles. The Bertz CT molecular complexity index is 1200. The summed E-state index contributed by atoms with van der Waals surface area (Å²) >= 11 is 20.8. The number of amides is 2. The van der Waals surface area contributed by atoms with E-state index in [0.717, 1.165) is 27.2 Å². The van der Waals surface area contributed by atoms with Crippen LogP contribution in [0.2, 0.25) is 5.02 Å². The average molecular weight is 471 g/mol. The average Bonchev–Trinajstić information content (AvgIpc) is 3.05. The van der Waals surface area contributed by atoms with Gasteiger partial charge in [-0.05, 0) is 40.5 Å². The maximum absolute atomic E-state index is 13.8. The van der Waals surface area contributed by atoms with Crippen molar-refractivity contribution >= 4 is 52.3 Å². The second kappa shape index (κ2) is 6.04. The van der Waals surface area contributed by atoms with E-state index < -0.39 is 33.4 Å². The molecule has 7 rings (SSSR count). The quantitative estimate of drug-likeness (QED) is 0.396. The summed E-state index contributed by atoms with van der Waals surface area (Å²) in [5, 5.41) is 10.7. The third-order valence-electron chi connectivity index (χ3n) is 6.76. The Hall–Kier alpha value is -2.53. The lowest BCUT2D eigenvalue weighted by molar-refractivity contribution is -0.122. The first-order valence-electron chi connectivity index (χ1n) is 9.75. The summed E-state index contributed by atoms with van der Waals surface area (Å²) in [5.41, 5.74) is 2.94. The van der Waals surface area contributed by atoms with Gasteiger partial charge in [-0.15, -0.1) is 23.2 Å². The maximum Gasteiger partial charge on any atom is 0.240 e. The van der Waals surface area contributed by atoms with Gasteiger partial charge >= 0.3 is 0 Å². The highest BCUT2D eigenvalue weighted by Crippen LogP contribution is 2.69. The molecule has 1 aliphatic heterocycles. The summed E-state index contributed by atoms with van der Waals surface area (Å²) in [6, 6.07) is 19.1. The number of halogens is 3. The van der Waals surface area contributed by atoms with Crippen molar-refractivity contribution in [2.45, 2.75) is 9.75 Å². The lowest BCUT2D eigenvalue weighted by atomic mass is 9.54. The van der Waals surface area contributed by atoms with E-state index in [1.54, 1.807) is 0 Å². The SMILES string of the molecule is O=C1[C@@H]2[C@@H](C(=O)N1c1cc(Cl)ccc1O)C1(Cl)c3ccccc3C2(Cl)c2ccccc21. The van der Waals surface area contributed by atoms with Gasteiger partial charge in [0.2, 0.25) is 11.8 Å². The Morgan fingerprint density at radius 3 is 1.58 bits per heavy atom. The van der Waals surface area contributed by atoms with Crippen LogP contribution in [0.4, 0.5) is 5.69 Å². The molecule has 1 heterocycles. The van der Waals surface area contributed by atoms with Crippen molar-refractivity contribution in [2.24, 2.45) is 11.8 Å². The minimum absolute atomic E-state index is 0.0324. The Balaban J connectivity index is 1.67. The number of nitrogens with zero attached hydrogens (tertiary/aromatic N) is 1. The van der Waals surface area contributed by atoms with Crippen LogP contribution in [0.1, 0.15) is 22.3 Å². The van der Waals surface area contributed by atoms with E-state index in [-0.39, 0.29) is 11.4 Å². The molecule has 0 unspecified atom stereocenters. The Labute approximate surface area is 193 Å². The van der Waals surface area contributed by atoms with Crippen LogP contribution in [0.5, 0.6) is 5.75 Å². The number of carbonyl (C=O) groups is 2. The van der Waals surface area contributed by atoms with Crippen LogP contribution in [0.25, 0.3) is 0 Å². The van der Waals surface area contributed by atoms with E-state index in [9.17, 15) is 14.7 Å². The highest BCUT2D eigenvalue weighted by atomic mass is 35.5. The number of carbonyl (C=O) groups excluding carboxylic acids is 2. The first kappa shape index (κ1) is 19.2. The number of hydrogen-bond acceptors (Lipinski definition) is 3. The second-order valence-corrected chi connectivity index (χ2v) is 9.74. The lowest BCUT2D eigenvalue weighted by Crippen LogP contribution is -2.57. The molecule has 1 N–H and O–H groups in total. The third kappa shape index (κ3) is 2.08. The van der Waals surface area contributed by atoms with E-state index in [1.807, 2.05) is 48.5 Å². The highest BCUT2D eigenvalue weighted by molar-refractivity contribution is 6.39. The molecule has 0 saturated carbocycles. The smallest absolute Gasteiger partial charge is 0.240 e. The molecule has 0 spiro atoms. The first-order valence-corrected chi connectivity index (χ1v) is 10.9. The van der Waals surface area contributed by atoms with Gasteiger partial charge in [-0.25, -0.2) is 4.90 Å². The summed E-state index contributed by atoms with van der Waals surface area (Å²) < 4.78 is 0. The van der Waals surface area contributed by atoms with E-state index in [1.165, 1.54) is 18.2 Å². The highest BCUT2D eigenvalue weighted by Gasteiger charge is 2.73. The van der Waals surface area contributed by atoms with Crippen molar-refractivity contribution in [1.82, 2.24) is 0 Å². The first-order chi connectivity index (χ1) is 14.8. The normalized spacial score (nSPS) is 30.2. The van der Waals surface area contributed by atoms with Crippen LogP contribution in [-0.4, -0.2) is 16.9 Å². The summed E-state index contributed by atoms with van der Waals surface area (Å²) in [6.07, 6.45) is 0. The standard InChI is InChI=1S/C24H14Cl3NO3/c25-12-9-10-18(29)17(11-12)28-21(30)19-20(22(28)31)24(27)14-6-2-1-5-13(14)23(19,26)15-7-3-4-8-16(15)24/h1-11,19-20,29H/t19-,20-,23?,24?/m0/s1. The maximum atomic E-state index is 13.8. The Morgan fingerprint density at radius 2 is 1.16 bits per heavy atom.